The van der Waals surface area contributed by atoms with Crippen LogP contribution in [0.25, 0.3) is 10.4 Å². The van der Waals surface area contributed by atoms with Crippen LogP contribution in [0.4, 0.5) is 0 Å². The molecule has 0 aromatic carbocycles. The molecule has 0 aliphatic heterocycles. The molecule has 0 aromatic heterocycles. The van der Waals surface area contributed by atoms with Crippen LogP contribution in [0.5, 0.6) is 0 Å². The maximum absolute atomic E-state index is 11.1. The molecular weight excluding hydrogens is 385 g/mol. The van der Waals surface area contributed by atoms with Crippen molar-refractivity contribution in [3.05, 3.63) is 10.4 Å². The summed E-state index contributed by atoms with van der Waals surface area (Å²) >= 11 is 1.93. The highest BCUT2D eigenvalue weighted by molar-refractivity contribution is 14.1. The van der Waals surface area contributed by atoms with E-state index >= 15 is 0 Å². The zero-order valence-electron chi connectivity index (χ0n) is 10.9. The van der Waals surface area contributed by atoms with E-state index in [1.807, 2.05) is 22.6 Å². The Kier molecular flexibility index (Phi) is 9.47. The zero-order valence-corrected chi connectivity index (χ0v) is 13.1. The smallest absolute Gasteiger partial charge is 0.303 e. The fraction of sp³-hybridized carbons (Fsp3) is 0.700. The molecule has 0 saturated heterocycles. The van der Waals surface area contributed by atoms with Gasteiger partial charge in [-0.2, -0.15) is 0 Å². The molecule has 10 heteroatoms. The minimum Gasteiger partial charge on any atom is -0.462 e. The van der Waals surface area contributed by atoms with Crippen molar-refractivity contribution in [2.45, 2.75) is 32.1 Å². The molecule has 20 heavy (non-hydrogen) atoms. The van der Waals surface area contributed by atoms with Crippen molar-refractivity contribution in [1.29, 1.82) is 0 Å². The highest BCUT2D eigenvalue weighted by Gasteiger charge is 2.33. The summed E-state index contributed by atoms with van der Waals surface area (Å²) in [6.45, 7) is 2.18. The molecule has 0 unspecified atom stereocenters. The van der Waals surface area contributed by atoms with Crippen LogP contribution in [0.15, 0.2) is 5.11 Å². The lowest BCUT2D eigenvalue weighted by Gasteiger charge is -2.28. The minimum atomic E-state index is -1.05. The molecule has 0 radical (unpaired) electrons. The van der Waals surface area contributed by atoms with Gasteiger partial charge in [-0.05, 0) is 5.53 Å². The topological polar surface area (TPSA) is 128 Å². The number of carbonyl (C=O) groups is 3. The second kappa shape index (κ2) is 10.3. The van der Waals surface area contributed by atoms with Gasteiger partial charge in [0.05, 0.1) is 6.04 Å². The predicted octanol–water partition coefficient (Wildman–Crippen LogP) is 1.14. The Bertz CT molecular complexity index is 398. The molecule has 0 heterocycles. The first-order chi connectivity index (χ1) is 9.46. The fourth-order valence-corrected chi connectivity index (χ4v) is 2.00. The number of hydrogen-bond acceptors (Lipinski definition) is 7. The van der Waals surface area contributed by atoms with Crippen LogP contribution >= 0.6 is 22.6 Å². The van der Waals surface area contributed by atoms with Crippen molar-refractivity contribution < 1.29 is 28.6 Å². The Morgan fingerprint density at radius 3 is 2.45 bits per heavy atom. The van der Waals surface area contributed by atoms with Gasteiger partial charge in [0.1, 0.15) is 6.61 Å². The Morgan fingerprint density at radius 1 is 1.40 bits per heavy atom. The summed E-state index contributed by atoms with van der Waals surface area (Å²) in [6, 6.07) is -0.759. The summed E-state index contributed by atoms with van der Waals surface area (Å²) in [5.74, 6) is -1.22. The van der Waals surface area contributed by atoms with Crippen molar-refractivity contribution >= 4 is 41.0 Å². The van der Waals surface area contributed by atoms with Crippen molar-refractivity contribution in [3.8, 4) is 0 Å². The Hall–Kier alpha value is -1.55. The Labute approximate surface area is 128 Å². The van der Waals surface area contributed by atoms with Crippen LogP contribution in [0.3, 0.4) is 0 Å². The summed E-state index contributed by atoms with van der Waals surface area (Å²) in [7, 11) is 0. The average Bonchev–Trinajstić information content (AvgIpc) is 2.38. The third-order valence-electron chi connectivity index (χ3n) is 2.09. The SMILES string of the molecule is CC(=O)OC[C@H](OC=O)[C@H](OC(C)=O)[C@H](CI)N=[N+]=[N-]. The van der Waals surface area contributed by atoms with Gasteiger partial charge in [-0.25, -0.2) is 0 Å². The summed E-state index contributed by atoms with van der Waals surface area (Å²) in [6.07, 6.45) is -2.09. The number of alkyl halides is 1. The first-order valence-corrected chi connectivity index (χ1v) is 6.98. The van der Waals surface area contributed by atoms with E-state index < -0.39 is 30.2 Å². The lowest BCUT2D eigenvalue weighted by Crippen LogP contribution is -2.44. The minimum absolute atomic E-state index is 0.144. The van der Waals surface area contributed by atoms with Gasteiger partial charge in [0.2, 0.25) is 0 Å². The zero-order chi connectivity index (χ0) is 15.5. The molecule has 0 amide bonds. The monoisotopic (exact) mass is 399 g/mol. The molecule has 0 spiro atoms. The van der Waals surface area contributed by atoms with E-state index in [1.165, 1.54) is 6.92 Å². The van der Waals surface area contributed by atoms with Gasteiger partial charge in [0, 0.05) is 23.2 Å². The summed E-state index contributed by atoms with van der Waals surface area (Å²) in [4.78, 5) is 35.1. The highest BCUT2D eigenvalue weighted by Crippen LogP contribution is 2.16. The van der Waals surface area contributed by atoms with Gasteiger partial charge in [-0.3, -0.25) is 14.4 Å². The van der Waals surface area contributed by atoms with E-state index in [1.54, 1.807) is 0 Å². The van der Waals surface area contributed by atoms with Crippen molar-refractivity contribution in [2.75, 3.05) is 11.0 Å². The van der Waals surface area contributed by atoms with Crippen molar-refractivity contribution in [3.63, 3.8) is 0 Å². The van der Waals surface area contributed by atoms with Crippen LogP contribution < -0.4 is 0 Å². The molecule has 9 nitrogen and oxygen atoms in total. The summed E-state index contributed by atoms with van der Waals surface area (Å²) in [5.41, 5.74) is 8.50. The third kappa shape index (κ3) is 7.14. The molecule has 3 atom stereocenters. The van der Waals surface area contributed by atoms with Crippen molar-refractivity contribution in [1.82, 2.24) is 0 Å². The van der Waals surface area contributed by atoms with Gasteiger partial charge in [0.25, 0.3) is 6.47 Å². The van der Waals surface area contributed by atoms with Gasteiger partial charge in [-0.15, -0.1) is 0 Å². The van der Waals surface area contributed by atoms with Gasteiger partial charge >= 0.3 is 11.9 Å². The first-order valence-electron chi connectivity index (χ1n) is 5.46. The Morgan fingerprint density at radius 2 is 2.05 bits per heavy atom. The number of carbonyl (C=O) groups excluding carboxylic acids is 3. The van der Waals surface area contributed by atoms with Gasteiger partial charge in [-0.1, -0.05) is 27.7 Å². The molecule has 0 rings (SSSR count). The molecule has 0 saturated carbocycles. The van der Waals surface area contributed by atoms with E-state index in [2.05, 4.69) is 10.0 Å². The third-order valence-corrected chi connectivity index (χ3v) is 2.99. The quantitative estimate of drug-likeness (QED) is 0.0836. The lowest BCUT2D eigenvalue weighted by molar-refractivity contribution is -0.168. The highest BCUT2D eigenvalue weighted by atomic mass is 127. The van der Waals surface area contributed by atoms with Crippen LogP contribution in [0, 0.1) is 0 Å². The molecule has 0 bridgehead atoms. The number of ether oxygens (including phenoxy) is 3. The number of azide groups is 1. The van der Waals surface area contributed by atoms with Crippen LogP contribution in [0.2, 0.25) is 0 Å². The molecule has 0 aliphatic rings. The molecule has 0 aliphatic carbocycles. The molecule has 0 fully saturated rings. The Balaban J connectivity index is 5.15. The lowest BCUT2D eigenvalue weighted by atomic mass is 10.1. The number of nitrogens with zero attached hydrogens (tertiary/aromatic N) is 3. The molecular formula is C10H14IN3O6. The van der Waals surface area contributed by atoms with E-state index in [0.717, 1.165) is 6.92 Å². The van der Waals surface area contributed by atoms with Gasteiger partial charge < -0.3 is 14.2 Å². The number of rotatable bonds is 9. The van der Waals surface area contributed by atoms with Crippen LogP contribution in [-0.2, 0) is 28.6 Å². The summed E-state index contributed by atoms with van der Waals surface area (Å²) in [5, 5.41) is 3.49. The van der Waals surface area contributed by atoms with Crippen LogP contribution in [-0.4, -0.2) is 47.7 Å². The molecule has 0 N–H and O–H groups in total. The largest absolute Gasteiger partial charge is 0.462 e. The fourth-order valence-electron chi connectivity index (χ4n) is 1.33. The number of halogens is 1. The summed E-state index contributed by atoms with van der Waals surface area (Å²) < 4.78 is 14.8. The normalized spacial score (nSPS) is 14.2. The molecule has 0 aromatic rings. The average molecular weight is 399 g/mol. The number of esters is 2. The number of hydrogen-bond donors (Lipinski definition) is 0. The first kappa shape index (κ1) is 18.4. The maximum Gasteiger partial charge on any atom is 0.303 e. The van der Waals surface area contributed by atoms with Crippen LogP contribution in [0.1, 0.15) is 13.8 Å². The maximum atomic E-state index is 11.1. The molecule has 112 valence electrons. The second-order valence-corrected chi connectivity index (χ2v) is 4.45. The van der Waals surface area contributed by atoms with E-state index in [9.17, 15) is 14.4 Å². The van der Waals surface area contributed by atoms with Gasteiger partial charge in [0.15, 0.2) is 12.2 Å². The van der Waals surface area contributed by atoms with E-state index in [4.69, 9.17) is 19.7 Å². The van der Waals surface area contributed by atoms with E-state index in [-0.39, 0.29) is 13.1 Å². The second-order valence-electron chi connectivity index (χ2n) is 3.57. The van der Waals surface area contributed by atoms with Crippen molar-refractivity contribution in [2.24, 2.45) is 5.11 Å². The standard InChI is InChI=1S/C10H14IN3O6/c1-6(16)18-4-9(19-5-15)10(20-7(2)17)8(3-11)13-14-12/h5,8-10H,3-4H2,1-2H3/t8-,9-,10+/m0/s1. The predicted molar refractivity (Wildman–Crippen MR) is 74.9 cm³/mol. The van der Waals surface area contributed by atoms with E-state index in [0.29, 0.717) is 4.43 Å².